The second-order valence-corrected chi connectivity index (χ2v) is 5.63. The van der Waals surface area contributed by atoms with Gasteiger partial charge in [-0.3, -0.25) is 4.99 Å². The molecule has 0 fully saturated rings. The van der Waals surface area contributed by atoms with Crippen molar-refractivity contribution in [3.05, 3.63) is 18.6 Å². The Morgan fingerprint density at radius 2 is 2.23 bits per heavy atom. The Bertz CT molecular complexity index is 715. The minimum Gasteiger partial charge on any atom is -0.382 e. The van der Waals surface area contributed by atoms with Gasteiger partial charge >= 0.3 is 0 Å². The number of rotatable bonds is 5. The summed E-state index contributed by atoms with van der Waals surface area (Å²) in [5.74, 6) is 1.39. The Hall–Kier alpha value is -2.64. The number of fused-ring (bicyclic) bond motifs is 1. The molecular formula is C14H20N8. The summed E-state index contributed by atoms with van der Waals surface area (Å²) in [6.45, 7) is 6.33. The number of aliphatic imine (C=N–C) groups is 1. The topological polar surface area (TPSA) is 97.2 Å². The van der Waals surface area contributed by atoms with Crippen molar-refractivity contribution in [3.63, 3.8) is 0 Å². The smallest absolute Gasteiger partial charge is 0.228 e. The van der Waals surface area contributed by atoms with Gasteiger partial charge in [-0.05, 0) is 12.0 Å². The molecule has 1 aliphatic heterocycles. The van der Waals surface area contributed by atoms with Crippen LogP contribution in [0.25, 0.3) is 11.2 Å². The van der Waals surface area contributed by atoms with Crippen LogP contribution in [0.15, 0.2) is 23.6 Å². The molecule has 0 saturated carbocycles. The fourth-order valence-electron chi connectivity index (χ4n) is 2.27. The van der Waals surface area contributed by atoms with Crippen LogP contribution in [-0.2, 0) is 6.54 Å². The van der Waals surface area contributed by atoms with Crippen LogP contribution < -0.4 is 11.1 Å². The summed E-state index contributed by atoms with van der Waals surface area (Å²) >= 11 is 0. The first-order valence-corrected chi connectivity index (χ1v) is 7.26. The Balaban J connectivity index is 1.80. The summed E-state index contributed by atoms with van der Waals surface area (Å²) in [4.78, 5) is 19.3. The van der Waals surface area contributed by atoms with E-state index in [9.17, 15) is 0 Å². The molecule has 2 aromatic rings. The van der Waals surface area contributed by atoms with E-state index < -0.39 is 0 Å². The van der Waals surface area contributed by atoms with Gasteiger partial charge in [0, 0.05) is 19.0 Å². The lowest BCUT2D eigenvalue weighted by atomic mass is 10.2. The maximum Gasteiger partial charge on any atom is 0.228 e. The average molecular weight is 300 g/mol. The SMILES string of the molecule is CC(C)Cn1cnc2c(N)nc(NCN3C=CC=NC3)nc21. The van der Waals surface area contributed by atoms with Gasteiger partial charge in [-0.25, -0.2) is 4.98 Å². The van der Waals surface area contributed by atoms with Crippen molar-refractivity contribution in [2.45, 2.75) is 20.4 Å². The summed E-state index contributed by atoms with van der Waals surface area (Å²) < 4.78 is 2.01. The molecule has 1 aliphatic rings. The molecule has 2 aromatic heterocycles. The molecule has 116 valence electrons. The van der Waals surface area contributed by atoms with Crippen molar-refractivity contribution >= 4 is 29.1 Å². The van der Waals surface area contributed by atoms with Crippen LogP contribution in [-0.4, -0.2) is 44.0 Å². The van der Waals surface area contributed by atoms with Gasteiger partial charge in [0.05, 0.1) is 13.0 Å². The van der Waals surface area contributed by atoms with Crippen molar-refractivity contribution in [1.82, 2.24) is 24.4 Å². The summed E-state index contributed by atoms with van der Waals surface area (Å²) in [7, 11) is 0. The number of imidazole rings is 1. The molecule has 0 atom stereocenters. The number of nitrogen functional groups attached to an aromatic ring is 1. The average Bonchev–Trinajstić information content (AvgIpc) is 2.89. The highest BCUT2D eigenvalue weighted by molar-refractivity contribution is 5.82. The molecule has 3 rings (SSSR count). The van der Waals surface area contributed by atoms with E-state index in [2.05, 4.69) is 39.1 Å². The van der Waals surface area contributed by atoms with E-state index >= 15 is 0 Å². The lowest BCUT2D eigenvalue weighted by Gasteiger charge is -2.20. The fraction of sp³-hybridized carbons (Fsp3) is 0.429. The Labute approximate surface area is 128 Å². The van der Waals surface area contributed by atoms with Gasteiger partial charge in [0.2, 0.25) is 5.95 Å². The molecule has 0 aromatic carbocycles. The number of aromatic nitrogens is 4. The second-order valence-electron chi connectivity index (χ2n) is 5.63. The van der Waals surface area contributed by atoms with Crippen LogP contribution in [0.5, 0.6) is 0 Å². The second kappa shape index (κ2) is 6.00. The largest absolute Gasteiger partial charge is 0.382 e. The molecule has 0 radical (unpaired) electrons. The molecule has 0 unspecified atom stereocenters. The minimum absolute atomic E-state index is 0.391. The predicted molar refractivity (Wildman–Crippen MR) is 87.4 cm³/mol. The van der Waals surface area contributed by atoms with Crippen molar-refractivity contribution in [3.8, 4) is 0 Å². The molecule has 0 bridgehead atoms. The summed E-state index contributed by atoms with van der Waals surface area (Å²) in [6.07, 6.45) is 7.40. The zero-order valence-corrected chi connectivity index (χ0v) is 12.8. The van der Waals surface area contributed by atoms with Crippen molar-refractivity contribution in [1.29, 1.82) is 0 Å². The highest BCUT2D eigenvalue weighted by Gasteiger charge is 2.12. The zero-order chi connectivity index (χ0) is 15.5. The molecule has 0 amide bonds. The highest BCUT2D eigenvalue weighted by Crippen LogP contribution is 2.19. The number of hydrogen-bond donors (Lipinski definition) is 2. The number of nitrogens with one attached hydrogen (secondary N) is 1. The monoisotopic (exact) mass is 300 g/mol. The number of allylic oxidation sites excluding steroid dienone is 1. The van der Waals surface area contributed by atoms with Gasteiger partial charge in [-0.2, -0.15) is 9.97 Å². The third-order valence-corrected chi connectivity index (χ3v) is 3.24. The van der Waals surface area contributed by atoms with Gasteiger partial charge in [0.1, 0.15) is 12.2 Å². The van der Waals surface area contributed by atoms with E-state index in [1.165, 1.54) is 0 Å². The van der Waals surface area contributed by atoms with Gasteiger partial charge in [-0.15, -0.1) is 0 Å². The van der Waals surface area contributed by atoms with Gasteiger partial charge in [0.25, 0.3) is 0 Å². The van der Waals surface area contributed by atoms with E-state index in [-0.39, 0.29) is 0 Å². The first-order chi connectivity index (χ1) is 10.6. The van der Waals surface area contributed by atoms with Crippen LogP contribution in [0.2, 0.25) is 0 Å². The molecule has 3 heterocycles. The van der Waals surface area contributed by atoms with E-state index in [0.29, 0.717) is 36.5 Å². The summed E-state index contributed by atoms with van der Waals surface area (Å²) in [5, 5.41) is 3.18. The Morgan fingerprint density at radius 3 is 2.95 bits per heavy atom. The maximum absolute atomic E-state index is 5.99. The quantitative estimate of drug-likeness (QED) is 0.863. The normalized spacial score (nSPS) is 14.2. The van der Waals surface area contributed by atoms with E-state index in [1.54, 1.807) is 12.5 Å². The van der Waals surface area contributed by atoms with Crippen LogP contribution >= 0.6 is 0 Å². The van der Waals surface area contributed by atoms with Crippen LogP contribution in [0, 0.1) is 5.92 Å². The predicted octanol–water partition coefficient (Wildman–Crippen LogP) is 1.29. The van der Waals surface area contributed by atoms with Crippen LogP contribution in [0.1, 0.15) is 13.8 Å². The van der Waals surface area contributed by atoms with Crippen molar-refractivity contribution < 1.29 is 0 Å². The first-order valence-electron chi connectivity index (χ1n) is 7.26. The number of anilines is 2. The van der Waals surface area contributed by atoms with Gasteiger partial charge in [-0.1, -0.05) is 13.8 Å². The Kier molecular flexibility index (Phi) is 3.90. The van der Waals surface area contributed by atoms with Crippen molar-refractivity contribution in [2.24, 2.45) is 10.9 Å². The summed E-state index contributed by atoms with van der Waals surface area (Å²) in [6, 6.07) is 0. The van der Waals surface area contributed by atoms with E-state index in [0.717, 1.165) is 12.2 Å². The van der Waals surface area contributed by atoms with Gasteiger partial charge < -0.3 is 20.5 Å². The highest BCUT2D eigenvalue weighted by atomic mass is 15.3. The molecular weight excluding hydrogens is 280 g/mol. The number of hydrogen-bond acceptors (Lipinski definition) is 7. The molecule has 8 heteroatoms. The van der Waals surface area contributed by atoms with E-state index in [1.807, 2.05) is 21.7 Å². The molecule has 22 heavy (non-hydrogen) atoms. The Morgan fingerprint density at radius 1 is 1.36 bits per heavy atom. The third-order valence-electron chi connectivity index (χ3n) is 3.24. The first kappa shape index (κ1) is 14.3. The van der Waals surface area contributed by atoms with E-state index in [4.69, 9.17) is 5.73 Å². The van der Waals surface area contributed by atoms with Gasteiger partial charge in [0.15, 0.2) is 11.5 Å². The lowest BCUT2D eigenvalue weighted by Crippen LogP contribution is -2.26. The maximum atomic E-state index is 5.99. The fourth-order valence-corrected chi connectivity index (χ4v) is 2.27. The third kappa shape index (κ3) is 3.00. The minimum atomic E-state index is 0.391. The zero-order valence-electron chi connectivity index (χ0n) is 12.8. The molecule has 0 spiro atoms. The van der Waals surface area contributed by atoms with Crippen LogP contribution in [0.4, 0.5) is 11.8 Å². The molecule has 8 nitrogen and oxygen atoms in total. The lowest BCUT2D eigenvalue weighted by molar-refractivity contribution is 0.412. The molecule has 3 N–H and O–H groups in total. The number of nitrogens with two attached hydrogens (primary N) is 1. The summed E-state index contributed by atoms with van der Waals surface area (Å²) in [5.41, 5.74) is 7.40. The standard InChI is InChI=1S/C14H20N8/c1-10(2)6-22-9-17-11-12(15)19-14(20-13(11)22)18-8-21-5-3-4-16-7-21/h3-5,9-10H,6-8H2,1-2H3,(H3,15,18,19,20). The van der Waals surface area contributed by atoms with Crippen LogP contribution in [0.3, 0.4) is 0 Å². The van der Waals surface area contributed by atoms with Crippen molar-refractivity contribution in [2.75, 3.05) is 24.4 Å². The number of nitrogens with zero attached hydrogens (tertiary/aromatic N) is 6. The molecule has 0 aliphatic carbocycles. The molecule has 0 saturated heterocycles.